The smallest absolute Gasteiger partial charge is 0.341 e. The number of carbonyl (C=O) groups is 1. The standard InChI is InChI=1S/C11H14O3.CH5N/c1-4-14-10-6-5-8(2)7-9(10)11(12)13-3;1-2/h5-7H,4H2,1-3H3;2H2,1H3. The number of aryl methyl sites for hydroxylation is 1. The van der Waals surface area contributed by atoms with E-state index in [2.05, 4.69) is 10.5 Å². The Balaban J connectivity index is 0.00000106. The molecule has 0 bridgehead atoms. The van der Waals surface area contributed by atoms with E-state index in [1.807, 2.05) is 19.9 Å². The number of methoxy groups -OCH3 is 1. The predicted octanol–water partition coefficient (Wildman–Crippen LogP) is 1.76. The molecule has 0 unspecified atom stereocenters. The first kappa shape index (κ1) is 14.5. The molecular formula is C12H19NO3. The Morgan fingerprint density at radius 3 is 2.50 bits per heavy atom. The molecule has 0 radical (unpaired) electrons. The summed E-state index contributed by atoms with van der Waals surface area (Å²) >= 11 is 0. The topological polar surface area (TPSA) is 61.5 Å². The van der Waals surface area contributed by atoms with Crippen molar-refractivity contribution in [3.63, 3.8) is 0 Å². The van der Waals surface area contributed by atoms with E-state index in [1.54, 1.807) is 12.1 Å². The van der Waals surface area contributed by atoms with Crippen LogP contribution in [-0.2, 0) is 4.74 Å². The molecule has 4 nitrogen and oxygen atoms in total. The summed E-state index contributed by atoms with van der Waals surface area (Å²) in [5.41, 5.74) is 5.99. The lowest BCUT2D eigenvalue weighted by Crippen LogP contribution is -2.05. The quantitative estimate of drug-likeness (QED) is 0.796. The molecule has 0 amide bonds. The highest BCUT2D eigenvalue weighted by atomic mass is 16.5. The van der Waals surface area contributed by atoms with Crippen molar-refractivity contribution in [2.45, 2.75) is 13.8 Å². The van der Waals surface area contributed by atoms with Gasteiger partial charge in [-0.05, 0) is 33.0 Å². The van der Waals surface area contributed by atoms with Gasteiger partial charge in [-0.25, -0.2) is 4.79 Å². The number of carbonyl (C=O) groups excluding carboxylic acids is 1. The van der Waals surface area contributed by atoms with E-state index in [1.165, 1.54) is 14.2 Å². The van der Waals surface area contributed by atoms with Gasteiger partial charge in [0.05, 0.1) is 13.7 Å². The third kappa shape index (κ3) is 3.90. The van der Waals surface area contributed by atoms with Crippen LogP contribution in [0.4, 0.5) is 0 Å². The number of nitrogens with two attached hydrogens (primary N) is 1. The summed E-state index contributed by atoms with van der Waals surface area (Å²) in [6.45, 7) is 4.33. The van der Waals surface area contributed by atoms with Crippen LogP contribution >= 0.6 is 0 Å². The van der Waals surface area contributed by atoms with Crippen molar-refractivity contribution in [3.05, 3.63) is 29.3 Å². The predicted molar refractivity (Wildman–Crippen MR) is 63.8 cm³/mol. The SMILES string of the molecule is CCOc1ccc(C)cc1C(=O)OC.CN. The molecule has 0 fully saturated rings. The van der Waals surface area contributed by atoms with Crippen molar-refractivity contribution < 1.29 is 14.3 Å². The maximum absolute atomic E-state index is 11.4. The lowest BCUT2D eigenvalue weighted by molar-refractivity contribution is 0.0596. The maximum Gasteiger partial charge on any atom is 0.341 e. The van der Waals surface area contributed by atoms with Gasteiger partial charge >= 0.3 is 5.97 Å². The van der Waals surface area contributed by atoms with Gasteiger partial charge in [-0.15, -0.1) is 0 Å². The number of esters is 1. The fourth-order valence-electron chi connectivity index (χ4n) is 1.19. The molecule has 0 aromatic heterocycles. The molecule has 0 aliphatic heterocycles. The van der Waals surface area contributed by atoms with Crippen LogP contribution in [0, 0.1) is 6.92 Å². The maximum atomic E-state index is 11.4. The third-order valence-electron chi connectivity index (χ3n) is 1.84. The van der Waals surface area contributed by atoms with E-state index >= 15 is 0 Å². The van der Waals surface area contributed by atoms with Gasteiger partial charge in [-0.1, -0.05) is 11.6 Å². The molecular weight excluding hydrogens is 206 g/mol. The highest BCUT2D eigenvalue weighted by Gasteiger charge is 2.12. The van der Waals surface area contributed by atoms with E-state index in [9.17, 15) is 4.79 Å². The van der Waals surface area contributed by atoms with E-state index in [4.69, 9.17) is 4.74 Å². The molecule has 0 spiro atoms. The first-order valence-corrected chi connectivity index (χ1v) is 5.08. The first-order chi connectivity index (χ1) is 7.69. The monoisotopic (exact) mass is 225 g/mol. The van der Waals surface area contributed by atoms with Gasteiger partial charge in [-0.2, -0.15) is 0 Å². The van der Waals surface area contributed by atoms with Crippen molar-refractivity contribution in [2.24, 2.45) is 5.73 Å². The van der Waals surface area contributed by atoms with Crippen molar-refractivity contribution >= 4 is 5.97 Å². The van der Waals surface area contributed by atoms with Crippen LogP contribution in [0.5, 0.6) is 5.75 Å². The van der Waals surface area contributed by atoms with Crippen LogP contribution < -0.4 is 10.5 Å². The summed E-state index contributed by atoms with van der Waals surface area (Å²) in [5.74, 6) is 0.210. The molecule has 0 aliphatic rings. The van der Waals surface area contributed by atoms with Gasteiger partial charge in [0.15, 0.2) is 0 Å². The summed E-state index contributed by atoms with van der Waals surface area (Å²) < 4.78 is 9.97. The summed E-state index contributed by atoms with van der Waals surface area (Å²) in [6, 6.07) is 5.44. The molecule has 2 N–H and O–H groups in total. The van der Waals surface area contributed by atoms with Gasteiger partial charge in [0.1, 0.15) is 11.3 Å². The Labute approximate surface area is 96.4 Å². The average Bonchev–Trinajstić information content (AvgIpc) is 2.33. The van der Waals surface area contributed by atoms with Crippen LogP contribution in [0.2, 0.25) is 0 Å². The fourth-order valence-corrected chi connectivity index (χ4v) is 1.19. The second-order valence-corrected chi connectivity index (χ2v) is 2.92. The average molecular weight is 225 g/mol. The lowest BCUT2D eigenvalue weighted by atomic mass is 10.1. The minimum Gasteiger partial charge on any atom is -0.493 e. The van der Waals surface area contributed by atoms with Crippen LogP contribution in [0.15, 0.2) is 18.2 Å². The number of rotatable bonds is 3. The zero-order chi connectivity index (χ0) is 12.6. The Hall–Kier alpha value is -1.55. The zero-order valence-electron chi connectivity index (χ0n) is 10.2. The highest BCUT2D eigenvalue weighted by Crippen LogP contribution is 2.20. The van der Waals surface area contributed by atoms with Crippen LogP contribution in [0.3, 0.4) is 0 Å². The van der Waals surface area contributed by atoms with E-state index in [-0.39, 0.29) is 5.97 Å². The third-order valence-corrected chi connectivity index (χ3v) is 1.84. The van der Waals surface area contributed by atoms with Gasteiger partial charge in [0.2, 0.25) is 0 Å². The van der Waals surface area contributed by atoms with E-state index in [0.29, 0.717) is 17.9 Å². The molecule has 16 heavy (non-hydrogen) atoms. The molecule has 4 heteroatoms. The number of benzene rings is 1. The van der Waals surface area contributed by atoms with Crippen molar-refractivity contribution in [1.29, 1.82) is 0 Å². The Morgan fingerprint density at radius 2 is 2.00 bits per heavy atom. The minimum atomic E-state index is -0.364. The van der Waals surface area contributed by atoms with Crippen LogP contribution in [-0.4, -0.2) is 26.7 Å². The molecule has 90 valence electrons. The van der Waals surface area contributed by atoms with Crippen molar-refractivity contribution in [2.75, 3.05) is 20.8 Å². The van der Waals surface area contributed by atoms with E-state index in [0.717, 1.165) is 5.56 Å². The normalized spacial score (nSPS) is 8.81. The highest BCUT2D eigenvalue weighted by molar-refractivity contribution is 5.92. The van der Waals surface area contributed by atoms with Gasteiger partial charge in [-0.3, -0.25) is 0 Å². The molecule has 0 heterocycles. The molecule has 0 saturated heterocycles. The lowest BCUT2D eigenvalue weighted by Gasteiger charge is -2.08. The van der Waals surface area contributed by atoms with Crippen LogP contribution in [0.1, 0.15) is 22.8 Å². The van der Waals surface area contributed by atoms with Crippen molar-refractivity contribution in [3.8, 4) is 5.75 Å². The number of ether oxygens (including phenoxy) is 2. The Bertz CT molecular complexity index is 337. The first-order valence-electron chi connectivity index (χ1n) is 5.08. The molecule has 0 aliphatic carbocycles. The Morgan fingerprint density at radius 1 is 1.38 bits per heavy atom. The summed E-state index contributed by atoms with van der Waals surface area (Å²) in [5, 5.41) is 0. The molecule has 0 saturated carbocycles. The Kier molecular flexibility index (Phi) is 6.96. The number of hydrogen-bond donors (Lipinski definition) is 1. The molecule has 1 rings (SSSR count). The van der Waals surface area contributed by atoms with Crippen molar-refractivity contribution in [1.82, 2.24) is 0 Å². The van der Waals surface area contributed by atoms with Gasteiger partial charge in [0.25, 0.3) is 0 Å². The zero-order valence-corrected chi connectivity index (χ0v) is 10.2. The van der Waals surface area contributed by atoms with Gasteiger partial charge in [0, 0.05) is 0 Å². The minimum absolute atomic E-state index is 0.364. The van der Waals surface area contributed by atoms with E-state index < -0.39 is 0 Å². The van der Waals surface area contributed by atoms with Crippen LogP contribution in [0.25, 0.3) is 0 Å². The molecule has 1 aromatic rings. The largest absolute Gasteiger partial charge is 0.493 e. The fraction of sp³-hybridized carbons (Fsp3) is 0.417. The summed E-state index contributed by atoms with van der Waals surface area (Å²) in [7, 11) is 2.86. The summed E-state index contributed by atoms with van der Waals surface area (Å²) in [4.78, 5) is 11.4. The summed E-state index contributed by atoms with van der Waals surface area (Å²) in [6.07, 6.45) is 0. The number of hydrogen-bond acceptors (Lipinski definition) is 4. The second-order valence-electron chi connectivity index (χ2n) is 2.92. The second kappa shape index (κ2) is 7.70. The molecule has 0 atom stereocenters. The molecule has 1 aromatic carbocycles. The van der Waals surface area contributed by atoms with Gasteiger partial charge < -0.3 is 15.2 Å².